The van der Waals surface area contributed by atoms with Crippen molar-refractivity contribution in [1.82, 2.24) is 24.9 Å². The van der Waals surface area contributed by atoms with Gasteiger partial charge in [-0.3, -0.25) is 14.4 Å². The molecule has 0 radical (unpaired) electrons. The summed E-state index contributed by atoms with van der Waals surface area (Å²) in [6.45, 7) is 3.36. The van der Waals surface area contributed by atoms with Crippen molar-refractivity contribution in [3.8, 4) is 0 Å². The van der Waals surface area contributed by atoms with Gasteiger partial charge in [-0.25, -0.2) is 0 Å². The monoisotopic (exact) mass is 279 g/mol. The Balaban J connectivity index is 1.84. The summed E-state index contributed by atoms with van der Waals surface area (Å²) in [7, 11) is 1.94. The molecule has 8 heteroatoms. The molecule has 0 bridgehead atoms. The van der Waals surface area contributed by atoms with Crippen LogP contribution in [0.15, 0.2) is 16.8 Å². The molecule has 0 fully saturated rings. The van der Waals surface area contributed by atoms with E-state index in [1.165, 1.54) is 0 Å². The van der Waals surface area contributed by atoms with Crippen LogP contribution in [0.25, 0.3) is 0 Å². The maximum atomic E-state index is 10.5. The molecule has 0 aliphatic carbocycles. The van der Waals surface area contributed by atoms with Crippen LogP contribution >= 0.6 is 0 Å². The lowest BCUT2D eigenvalue weighted by molar-refractivity contribution is -0.137. The molecule has 0 saturated heterocycles. The number of hydrogen-bond acceptors (Lipinski definition) is 6. The minimum absolute atomic E-state index is 0.0677. The quantitative estimate of drug-likeness (QED) is 0.795. The number of carboxylic acid groups (broad SMARTS) is 1. The van der Waals surface area contributed by atoms with Gasteiger partial charge in [0, 0.05) is 25.2 Å². The highest BCUT2D eigenvalue weighted by Gasteiger charge is 2.09. The Bertz CT molecular complexity index is 577. The Morgan fingerprint density at radius 1 is 1.45 bits per heavy atom. The Morgan fingerprint density at radius 3 is 2.90 bits per heavy atom. The first-order valence-electron chi connectivity index (χ1n) is 6.23. The van der Waals surface area contributed by atoms with E-state index in [-0.39, 0.29) is 6.42 Å². The molecular formula is C12H17N5O3. The van der Waals surface area contributed by atoms with Gasteiger partial charge in [0.25, 0.3) is 0 Å². The van der Waals surface area contributed by atoms with Gasteiger partial charge < -0.3 is 9.52 Å². The van der Waals surface area contributed by atoms with E-state index in [0.29, 0.717) is 31.4 Å². The highest BCUT2D eigenvalue weighted by molar-refractivity contribution is 5.66. The van der Waals surface area contributed by atoms with Crippen LogP contribution in [0.4, 0.5) is 0 Å². The highest BCUT2D eigenvalue weighted by Crippen LogP contribution is 2.07. The van der Waals surface area contributed by atoms with Crippen molar-refractivity contribution in [2.75, 3.05) is 7.05 Å². The predicted molar refractivity (Wildman–Crippen MR) is 68.7 cm³/mol. The number of carboxylic acids is 1. The lowest BCUT2D eigenvalue weighted by atomic mass is 10.3. The number of aliphatic carboxylic acids is 1. The van der Waals surface area contributed by atoms with Gasteiger partial charge in [0.15, 0.2) is 0 Å². The van der Waals surface area contributed by atoms with E-state index in [4.69, 9.17) is 9.52 Å². The van der Waals surface area contributed by atoms with Crippen molar-refractivity contribution in [1.29, 1.82) is 0 Å². The molecule has 0 aromatic carbocycles. The van der Waals surface area contributed by atoms with Gasteiger partial charge >= 0.3 is 5.97 Å². The summed E-state index contributed by atoms with van der Waals surface area (Å²) in [5.41, 5.74) is 1.01. The van der Waals surface area contributed by atoms with Crippen molar-refractivity contribution < 1.29 is 14.3 Å². The summed E-state index contributed by atoms with van der Waals surface area (Å²) in [6.07, 6.45) is 3.65. The maximum absolute atomic E-state index is 10.5. The van der Waals surface area contributed by atoms with E-state index in [1.807, 2.05) is 18.1 Å². The molecule has 0 spiro atoms. The Morgan fingerprint density at radius 2 is 2.25 bits per heavy atom. The second-order valence-corrected chi connectivity index (χ2v) is 4.64. The SMILES string of the molecule is Cc1nnc(CN(C)Cc2cnn(CCC(=O)O)c2)o1. The Kier molecular flexibility index (Phi) is 4.46. The van der Waals surface area contributed by atoms with E-state index in [0.717, 1.165) is 5.56 Å². The first-order valence-corrected chi connectivity index (χ1v) is 6.23. The molecule has 0 aliphatic heterocycles. The largest absolute Gasteiger partial charge is 0.481 e. The second-order valence-electron chi connectivity index (χ2n) is 4.64. The molecule has 108 valence electrons. The van der Waals surface area contributed by atoms with E-state index in [1.54, 1.807) is 17.8 Å². The number of aryl methyl sites for hydroxylation is 2. The van der Waals surface area contributed by atoms with Gasteiger partial charge in [-0.2, -0.15) is 5.10 Å². The third-order valence-electron chi connectivity index (χ3n) is 2.67. The molecule has 0 unspecified atom stereocenters. The number of aromatic nitrogens is 4. The smallest absolute Gasteiger partial charge is 0.305 e. The standard InChI is InChI=1S/C12H17N5O3/c1-9-14-15-11(20-9)8-16(2)6-10-5-13-17(7-10)4-3-12(18)19/h5,7H,3-4,6,8H2,1-2H3,(H,18,19). The highest BCUT2D eigenvalue weighted by atomic mass is 16.4. The van der Waals surface area contributed by atoms with Crippen LogP contribution in [0.2, 0.25) is 0 Å². The lowest BCUT2D eigenvalue weighted by Crippen LogP contribution is -2.17. The molecule has 2 heterocycles. The lowest BCUT2D eigenvalue weighted by Gasteiger charge is -2.12. The van der Waals surface area contributed by atoms with Crippen LogP contribution in [0.5, 0.6) is 0 Å². The minimum Gasteiger partial charge on any atom is -0.481 e. The molecule has 0 aliphatic rings. The van der Waals surface area contributed by atoms with E-state index >= 15 is 0 Å². The van der Waals surface area contributed by atoms with Gasteiger partial charge in [-0.05, 0) is 7.05 Å². The predicted octanol–water partition coefficient (Wildman–Crippen LogP) is 0.681. The van der Waals surface area contributed by atoms with Crippen molar-refractivity contribution in [2.45, 2.75) is 33.0 Å². The molecule has 2 aromatic rings. The van der Waals surface area contributed by atoms with Crippen LogP contribution < -0.4 is 0 Å². The molecule has 0 saturated carbocycles. The molecule has 2 rings (SSSR count). The van der Waals surface area contributed by atoms with Crippen LogP contribution in [0.1, 0.15) is 23.8 Å². The van der Waals surface area contributed by atoms with Crippen molar-refractivity contribution in [2.24, 2.45) is 0 Å². The van der Waals surface area contributed by atoms with Crippen molar-refractivity contribution >= 4 is 5.97 Å². The first kappa shape index (κ1) is 14.2. The third-order valence-corrected chi connectivity index (χ3v) is 2.67. The normalized spacial score (nSPS) is 11.2. The summed E-state index contributed by atoms with van der Waals surface area (Å²) in [5, 5.41) is 20.5. The summed E-state index contributed by atoms with van der Waals surface area (Å²) in [5.74, 6) is 0.295. The summed E-state index contributed by atoms with van der Waals surface area (Å²) < 4.78 is 6.95. The molecule has 8 nitrogen and oxygen atoms in total. The first-order chi connectivity index (χ1) is 9.52. The fourth-order valence-electron chi connectivity index (χ4n) is 1.82. The third kappa shape index (κ3) is 4.16. The molecule has 2 aromatic heterocycles. The fourth-order valence-corrected chi connectivity index (χ4v) is 1.82. The van der Waals surface area contributed by atoms with E-state index in [9.17, 15) is 4.79 Å². The van der Waals surface area contributed by atoms with Gasteiger partial charge in [0.2, 0.25) is 11.8 Å². The zero-order valence-corrected chi connectivity index (χ0v) is 11.5. The van der Waals surface area contributed by atoms with E-state index in [2.05, 4.69) is 15.3 Å². The molecule has 20 heavy (non-hydrogen) atoms. The molecular weight excluding hydrogens is 262 g/mol. The Labute approximate surface area is 116 Å². The average molecular weight is 279 g/mol. The van der Waals surface area contributed by atoms with Crippen molar-refractivity contribution in [3.05, 3.63) is 29.7 Å². The number of nitrogens with zero attached hydrogens (tertiary/aromatic N) is 5. The number of rotatable bonds is 7. The Hall–Kier alpha value is -2.22. The van der Waals surface area contributed by atoms with Crippen LogP contribution in [-0.4, -0.2) is 43.0 Å². The maximum Gasteiger partial charge on any atom is 0.305 e. The molecule has 0 amide bonds. The summed E-state index contributed by atoms with van der Waals surface area (Å²) >= 11 is 0. The number of hydrogen-bond donors (Lipinski definition) is 1. The molecule has 1 N–H and O–H groups in total. The van der Waals surface area contributed by atoms with Gasteiger partial charge in [-0.15, -0.1) is 10.2 Å². The van der Waals surface area contributed by atoms with Crippen LogP contribution in [0, 0.1) is 6.92 Å². The topological polar surface area (TPSA) is 97.3 Å². The molecule has 0 atom stereocenters. The summed E-state index contributed by atoms with van der Waals surface area (Å²) in [6, 6.07) is 0. The van der Waals surface area contributed by atoms with Gasteiger partial charge in [0.05, 0.1) is 25.7 Å². The van der Waals surface area contributed by atoms with Crippen molar-refractivity contribution in [3.63, 3.8) is 0 Å². The van der Waals surface area contributed by atoms with E-state index < -0.39 is 5.97 Å². The summed E-state index contributed by atoms with van der Waals surface area (Å²) in [4.78, 5) is 12.5. The zero-order chi connectivity index (χ0) is 14.5. The average Bonchev–Trinajstić information content (AvgIpc) is 2.96. The fraction of sp³-hybridized carbons (Fsp3) is 0.500. The van der Waals surface area contributed by atoms with Crippen LogP contribution in [0.3, 0.4) is 0 Å². The number of carbonyl (C=O) groups is 1. The van der Waals surface area contributed by atoms with Gasteiger partial charge in [-0.1, -0.05) is 0 Å². The second kappa shape index (κ2) is 6.29. The van der Waals surface area contributed by atoms with Gasteiger partial charge in [0.1, 0.15) is 0 Å². The van der Waals surface area contributed by atoms with Crippen LogP contribution in [-0.2, 0) is 24.4 Å². The zero-order valence-electron chi connectivity index (χ0n) is 11.5. The minimum atomic E-state index is -0.828.